The Hall–Kier alpha value is -1.32. The number of hydrogen-bond donors (Lipinski definition) is 1. The number of carbonyl (C=O) groups is 1. The molecular formula is C7H11N3O. The van der Waals surface area contributed by atoms with Gasteiger partial charge in [-0.05, 0) is 6.07 Å². The second-order valence-electron chi connectivity index (χ2n) is 2.33. The van der Waals surface area contributed by atoms with Gasteiger partial charge in [0.25, 0.3) is 0 Å². The second kappa shape index (κ2) is 3.18. The molecule has 0 atom stereocenters. The molecule has 0 fully saturated rings. The lowest BCUT2D eigenvalue weighted by Crippen LogP contribution is -2.20. The molecule has 1 N–H and O–H groups in total. The summed E-state index contributed by atoms with van der Waals surface area (Å²) in [6.45, 7) is 0. The van der Waals surface area contributed by atoms with Gasteiger partial charge >= 0.3 is 0 Å². The van der Waals surface area contributed by atoms with Crippen LogP contribution in [0.25, 0.3) is 0 Å². The first kappa shape index (κ1) is 7.78. The van der Waals surface area contributed by atoms with Gasteiger partial charge < -0.3 is 5.32 Å². The minimum Gasteiger partial charge on any atom is -0.359 e. The van der Waals surface area contributed by atoms with E-state index in [0.29, 0.717) is 6.42 Å². The Morgan fingerprint density at radius 1 is 1.82 bits per heavy atom. The van der Waals surface area contributed by atoms with E-state index in [1.165, 1.54) is 0 Å². The van der Waals surface area contributed by atoms with Crippen molar-refractivity contribution in [2.24, 2.45) is 7.05 Å². The summed E-state index contributed by atoms with van der Waals surface area (Å²) in [5.41, 5.74) is 0.798. The fraction of sp³-hybridized carbons (Fsp3) is 0.429. The second-order valence-corrected chi connectivity index (χ2v) is 2.33. The highest BCUT2D eigenvalue weighted by Gasteiger charge is 2.01. The molecule has 1 aromatic heterocycles. The molecule has 0 bridgehead atoms. The molecule has 1 heterocycles. The van der Waals surface area contributed by atoms with Gasteiger partial charge in [-0.1, -0.05) is 0 Å². The zero-order valence-electron chi connectivity index (χ0n) is 6.66. The third-order valence-electron chi connectivity index (χ3n) is 1.39. The average Bonchev–Trinajstić information content (AvgIpc) is 2.35. The van der Waals surface area contributed by atoms with Crippen LogP contribution in [0.2, 0.25) is 0 Å². The van der Waals surface area contributed by atoms with Crippen LogP contribution >= 0.6 is 0 Å². The van der Waals surface area contributed by atoms with E-state index in [9.17, 15) is 4.79 Å². The Morgan fingerprint density at radius 2 is 2.55 bits per heavy atom. The first-order chi connectivity index (χ1) is 5.22. The van der Waals surface area contributed by atoms with E-state index in [0.717, 1.165) is 5.69 Å². The topological polar surface area (TPSA) is 46.9 Å². The summed E-state index contributed by atoms with van der Waals surface area (Å²) in [5.74, 6) is -0.0105. The molecule has 0 aliphatic rings. The van der Waals surface area contributed by atoms with Crippen LogP contribution in [0.1, 0.15) is 5.69 Å². The number of aryl methyl sites for hydroxylation is 1. The lowest BCUT2D eigenvalue weighted by atomic mass is 10.3. The van der Waals surface area contributed by atoms with Crippen LogP contribution in [0.3, 0.4) is 0 Å². The number of nitrogens with one attached hydrogen (secondary N) is 1. The van der Waals surface area contributed by atoms with Crippen molar-refractivity contribution in [2.45, 2.75) is 6.42 Å². The largest absolute Gasteiger partial charge is 0.359 e. The molecule has 0 unspecified atom stereocenters. The highest BCUT2D eigenvalue weighted by Crippen LogP contribution is 1.94. The minimum absolute atomic E-state index is 0.0105. The molecule has 0 saturated heterocycles. The molecule has 4 heteroatoms. The summed E-state index contributed by atoms with van der Waals surface area (Å²) < 4.78 is 1.68. The lowest BCUT2D eigenvalue weighted by Gasteiger charge is -1.93. The quantitative estimate of drug-likeness (QED) is 0.634. The van der Waals surface area contributed by atoms with Gasteiger partial charge in [-0.2, -0.15) is 5.10 Å². The lowest BCUT2D eigenvalue weighted by molar-refractivity contribution is -0.120. The van der Waals surface area contributed by atoms with Crippen molar-refractivity contribution in [3.63, 3.8) is 0 Å². The zero-order valence-corrected chi connectivity index (χ0v) is 6.66. The Kier molecular flexibility index (Phi) is 2.25. The molecule has 4 nitrogen and oxygen atoms in total. The van der Waals surface area contributed by atoms with Crippen molar-refractivity contribution in [1.29, 1.82) is 0 Å². The average molecular weight is 153 g/mol. The van der Waals surface area contributed by atoms with Crippen molar-refractivity contribution in [2.75, 3.05) is 7.05 Å². The predicted octanol–water partition coefficient (Wildman–Crippen LogP) is -0.291. The molecule has 1 amide bonds. The SMILES string of the molecule is CNC(=O)Cc1ccn(C)n1. The monoisotopic (exact) mass is 153 g/mol. The molecule has 1 aromatic rings. The van der Waals surface area contributed by atoms with Crippen LogP contribution in [0.5, 0.6) is 0 Å². The third kappa shape index (κ3) is 2.07. The van der Waals surface area contributed by atoms with Gasteiger partial charge in [0.1, 0.15) is 0 Å². The van der Waals surface area contributed by atoms with E-state index >= 15 is 0 Å². The maximum absolute atomic E-state index is 10.8. The van der Waals surface area contributed by atoms with Gasteiger partial charge in [0.15, 0.2) is 0 Å². The van der Waals surface area contributed by atoms with Crippen LogP contribution in [-0.4, -0.2) is 22.7 Å². The van der Waals surface area contributed by atoms with E-state index in [1.54, 1.807) is 11.7 Å². The maximum atomic E-state index is 10.8. The summed E-state index contributed by atoms with van der Waals surface area (Å²) in [4.78, 5) is 10.8. The van der Waals surface area contributed by atoms with Crippen molar-refractivity contribution < 1.29 is 4.79 Å². The van der Waals surface area contributed by atoms with Crippen molar-refractivity contribution in [1.82, 2.24) is 15.1 Å². The number of rotatable bonds is 2. The standard InChI is InChI=1S/C7H11N3O/c1-8-7(11)5-6-3-4-10(2)9-6/h3-4H,5H2,1-2H3,(H,8,11). The molecule has 1 rings (SSSR count). The minimum atomic E-state index is -0.0105. The Morgan fingerprint density at radius 3 is 3.00 bits per heavy atom. The number of carbonyl (C=O) groups excluding carboxylic acids is 1. The number of nitrogens with zero attached hydrogens (tertiary/aromatic N) is 2. The van der Waals surface area contributed by atoms with Crippen LogP contribution < -0.4 is 5.32 Å². The molecule has 0 spiro atoms. The van der Waals surface area contributed by atoms with E-state index in [2.05, 4.69) is 10.4 Å². The van der Waals surface area contributed by atoms with Gasteiger partial charge in [0.2, 0.25) is 5.91 Å². The summed E-state index contributed by atoms with van der Waals surface area (Å²) in [7, 11) is 3.44. The summed E-state index contributed by atoms with van der Waals surface area (Å²) in [6.07, 6.45) is 2.18. The zero-order chi connectivity index (χ0) is 8.27. The Bertz CT molecular complexity index is 254. The van der Waals surface area contributed by atoms with Crippen LogP contribution in [-0.2, 0) is 18.3 Å². The molecule has 11 heavy (non-hydrogen) atoms. The number of likely N-dealkylation sites (N-methyl/N-ethyl adjacent to an activating group) is 1. The Balaban J connectivity index is 2.57. The third-order valence-corrected chi connectivity index (χ3v) is 1.39. The number of aromatic nitrogens is 2. The van der Waals surface area contributed by atoms with Gasteiger partial charge in [-0.3, -0.25) is 9.48 Å². The van der Waals surface area contributed by atoms with Gasteiger partial charge in [0.05, 0.1) is 12.1 Å². The molecular weight excluding hydrogens is 142 g/mol. The molecule has 0 aliphatic heterocycles. The molecule has 0 saturated carbocycles. The number of hydrogen-bond acceptors (Lipinski definition) is 2. The van der Waals surface area contributed by atoms with Crippen molar-refractivity contribution >= 4 is 5.91 Å². The van der Waals surface area contributed by atoms with E-state index < -0.39 is 0 Å². The first-order valence-corrected chi connectivity index (χ1v) is 3.41. The highest BCUT2D eigenvalue weighted by molar-refractivity contribution is 5.77. The van der Waals surface area contributed by atoms with Crippen molar-refractivity contribution in [3.05, 3.63) is 18.0 Å². The van der Waals surface area contributed by atoms with Crippen LogP contribution in [0.15, 0.2) is 12.3 Å². The molecule has 0 aromatic carbocycles. The van der Waals surface area contributed by atoms with Crippen molar-refractivity contribution in [3.8, 4) is 0 Å². The van der Waals surface area contributed by atoms with E-state index in [-0.39, 0.29) is 5.91 Å². The summed E-state index contributed by atoms with van der Waals surface area (Å²) in [6, 6.07) is 1.83. The smallest absolute Gasteiger partial charge is 0.225 e. The van der Waals surface area contributed by atoms with Gasteiger partial charge in [-0.25, -0.2) is 0 Å². The predicted molar refractivity (Wildman–Crippen MR) is 41.0 cm³/mol. The van der Waals surface area contributed by atoms with Gasteiger partial charge in [0, 0.05) is 20.3 Å². The molecule has 0 aliphatic carbocycles. The Labute approximate surface area is 65.2 Å². The molecule has 0 radical (unpaired) electrons. The fourth-order valence-corrected chi connectivity index (χ4v) is 0.810. The summed E-state index contributed by atoms with van der Waals surface area (Å²) in [5, 5.41) is 6.59. The van der Waals surface area contributed by atoms with E-state index in [4.69, 9.17) is 0 Å². The number of amides is 1. The van der Waals surface area contributed by atoms with Gasteiger partial charge in [-0.15, -0.1) is 0 Å². The normalized spacial score (nSPS) is 9.64. The highest BCUT2D eigenvalue weighted by atomic mass is 16.1. The maximum Gasteiger partial charge on any atom is 0.225 e. The van der Waals surface area contributed by atoms with Crippen LogP contribution in [0, 0.1) is 0 Å². The summed E-state index contributed by atoms with van der Waals surface area (Å²) >= 11 is 0. The van der Waals surface area contributed by atoms with Crippen LogP contribution in [0.4, 0.5) is 0 Å². The van der Waals surface area contributed by atoms with E-state index in [1.807, 2.05) is 19.3 Å². The fourth-order valence-electron chi connectivity index (χ4n) is 0.810. The molecule has 60 valence electrons. The first-order valence-electron chi connectivity index (χ1n) is 3.41.